The van der Waals surface area contributed by atoms with Crippen LogP contribution in [0.25, 0.3) is 0 Å². The Balaban J connectivity index is 4.26. The van der Waals surface area contributed by atoms with Gasteiger partial charge in [-0.3, -0.25) is 0 Å². The minimum Gasteiger partial charge on any atom is -0.197 e. The highest BCUT2D eigenvalue weighted by atomic mass is 32.2. The predicted molar refractivity (Wildman–Crippen MR) is 90.2 cm³/mol. The largest absolute Gasteiger partial charge is 0.197 e. The van der Waals surface area contributed by atoms with E-state index in [0.29, 0.717) is 5.41 Å². The average molecular weight is 304 g/mol. The van der Waals surface area contributed by atoms with Gasteiger partial charge < -0.3 is 0 Å². The van der Waals surface area contributed by atoms with Crippen molar-refractivity contribution in [2.24, 2.45) is 10.8 Å². The van der Waals surface area contributed by atoms with Gasteiger partial charge in [-0.15, -0.1) is 11.8 Å². The molecule has 104 valence electrons. The van der Waals surface area contributed by atoms with Gasteiger partial charge in [-0.1, -0.05) is 58.6 Å². The van der Waals surface area contributed by atoms with Crippen molar-refractivity contribution in [3.63, 3.8) is 0 Å². The molecule has 0 heterocycles. The van der Waals surface area contributed by atoms with Gasteiger partial charge in [0.25, 0.3) is 0 Å². The molecule has 0 aliphatic carbocycles. The molecule has 0 amide bonds. The number of thioether (sulfide) groups is 2. The van der Waals surface area contributed by atoms with Crippen molar-refractivity contribution in [3.8, 4) is 6.07 Å². The molecule has 0 aromatic rings. The van der Waals surface area contributed by atoms with Gasteiger partial charge in [-0.2, -0.15) is 5.26 Å². The molecular formula is C14H25NS3. The van der Waals surface area contributed by atoms with Crippen LogP contribution in [0.15, 0.2) is 0 Å². The zero-order valence-electron chi connectivity index (χ0n) is 12.6. The Bertz CT molecular complexity index is 332. The topological polar surface area (TPSA) is 23.8 Å². The Morgan fingerprint density at radius 1 is 1.11 bits per heavy atom. The molecule has 0 aliphatic rings. The van der Waals surface area contributed by atoms with Crippen molar-refractivity contribution in [1.29, 1.82) is 5.26 Å². The smallest absolute Gasteiger partial charge is 0.105 e. The van der Waals surface area contributed by atoms with E-state index >= 15 is 0 Å². The van der Waals surface area contributed by atoms with E-state index in [1.54, 1.807) is 11.8 Å². The Kier molecular flexibility index (Phi) is 6.73. The van der Waals surface area contributed by atoms with Gasteiger partial charge in [0.2, 0.25) is 0 Å². The molecule has 0 saturated heterocycles. The summed E-state index contributed by atoms with van der Waals surface area (Å²) in [6.45, 7) is 15.2. The fraction of sp³-hybridized carbons (Fsp3) is 0.857. The second-order valence-electron chi connectivity index (χ2n) is 7.16. The maximum absolute atomic E-state index is 8.98. The van der Waals surface area contributed by atoms with Gasteiger partial charge >= 0.3 is 0 Å². The number of hydrogen-bond acceptors (Lipinski definition) is 4. The predicted octanol–water partition coefficient (Wildman–Crippen LogP) is 5.50. The Labute approximate surface area is 126 Å². The van der Waals surface area contributed by atoms with Crippen LogP contribution in [-0.2, 0) is 0 Å². The average Bonchev–Trinajstić information content (AvgIpc) is 2.11. The molecular weight excluding hydrogens is 278 g/mol. The fourth-order valence-corrected chi connectivity index (χ4v) is 4.91. The monoisotopic (exact) mass is 303 g/mol. The van der Waals surface area contributed by atoms with Gasteiger partial charge in [0.05, 0.1) is 6.07 Å². The summed E-state index contributed by atoms with van der Waals surface area (Å²) in [4.78, 5) is 0. The van der Waals surface area contributed by atoms with E-state index < -0.39 is 4.75 Å². The molecule has 18 heavy (non-hydrogen) atoms. The van der Waals surface area contributed by atoms with Crippen LogP contribution in [0.4, 0.5) is 0 Å². The SMILES string of the molecule is CC(C)(C)CC(C)(C)CSC(=S)SC(C)(C)C#N. The molecule has 0 N–H and O–H groups in total. The molecule has 0 spiro atoms. The molecule has 0 fully saturated rings. The summed E-state index contributed by atoms with van der Waals surface area (Å²) in [5.41, 5.74) is 0.606. The third-order valence-electron chi connectivity index (χ3n) is 2.20. The Hall–Kier alpha value is 0.280. The van der Waals surface area contributed by atoms with Crippen LogP contribution >= 0.6 is 35.7 Å². The van der Waals surface area contributed by atoms with Gasteiger partial charge in [0.15, 0.2) is 0 Å². The molecule has 0 saturated carbocycles. The third-order valence-corrected chi connectivity index (χ3v) is 5.33. The normalized spacial score (nSPS) is 13.2. The molecule has 0 radical (unpaired) electrons. The maximum atomic E-state index is 8.98. The zero-order valence-corrected chi connectivity index (χ0v) is 15.0. The lowest BCUT2D eigenvalue weighted by Crippen LogP contribution is -2.23. The highest BCUT2D eigenvalue weighted by molar-refractivity contribution is 8.47. The quantitative estimate of drug-likeness (QED) is 0.640. The molecule has 1 nitrogen and oxygen atoms in total. The first-order valence-electron chi connectivity index (χ1n) is 6.14. The summed E-state index contributed by atoms with van der Waals surface area (Å²) in [6, 6.07) is 2.27. The van der Waals surface area contributed by atoms with Crippen LogP contribution in [0.3, 0.4) is 0 Å². The minimum absolute atomic E-state index is 0.268. The Morgan fingerprint density at radius 2 is 1.61 bits per heavy atom. The number of hydrogen-bond donors (Lipinski definition) is 0. The standard InChI is InChI=1S/C14H25NS3/c1-12(2,3)8-13(4,5)10-17-11(16)18-14(6,7)9-15/h8,10H2,1-7H3. The summed E-state index contributed by atoms with van der Waals surface area (Å²) in [5.74, 6) is 1.01. The van der Waals surface area contributed by atoms with Crippen molar-refractivity contribution < 1.29 is 0 Å². The summed E-state index contributed by atoms with van der Waals surface area (Å²) < 4.78 is 0.460. The van der Waals surface area contributed by atoms with E-state index in [1.807, 2.05) is 13.8 Å². The van der Waals surface area contributed by atoms with Crippen LogP contribution in [0.1, 0.15) is 54.9 Å². The lowest BCUT2D eigenvalue weighted by Gasteiger charge is -2.32. The first-order chi connectivity index (χ1) is 7.87. The molecule has 0 aromatic heterocycles. The first-order valence-corrected chi connectivity index (χ1v) is 8.35. The van der Waals surface area contributed by atoms with Crippen LogP contribution in [-0.4, -0.2) is 14.0 Å². The van der Waals surface area contributed by atoms with E-state index in [-0.39, 0.29) is 5.41 Å². The summed E-state index contributed by atoms with van der Waals surface area (Å²) in [7, 11) is 0. The maximum Gasteiger partial charge on any atom is 0.105 e. The van der Waals surface area contributed by atoms with Gasteiger partial charge in [-0.05, 0) is 31.1 Å². The molecule has 0 aromatic carbocycles. The number of nitrogens with zero attached hydrogens (tertiary/aromatic N) is 1. The minimum atomic E-state index is -0.418. The van der Waals surface area contributed by atoms with Crippen molar-refractivity contribution in [1.82, 2.24) is 0 Å². The van der Waals surface area contributed by atoms with E-state index in [2.05, 4.69) is 40.7 Å². The molecule has 0 bridgehead atoms. The second-order valence-corrected chi connectivity index (χ2v) is 11.0. The summed E-state index contributed by atoms with van der Waals surface area (Å²) >= 11 is 8.56. The van der Waals surface area contributed by atoms with E-state index in [4.69, 9.17) is 17.5 Å². The lowest BCUT2D eigenvalue weighted by atomic mass is 9.77. The van der Waals surface area contributed by atoms with E-state index in [9.17, 15) is 0 Å². The lowest BCUT2D eigenvalue weighted by molar-refractivity contribution is 0.239. The second kappa shape index (κ2) is 6.63. The van der Waals surface area contributed by atoms with Crippen LogP contribution in [0.2, 0.25) is 0 Å². The van der Waals surface area contributed by atoms with Gasteiger partial charge in [0, 0.05) is 5.75 Å². The van der Waals surface area contributed by atoms with Gasteiger partial charge in [-0.25, -0.2) is 0 Å². The molecule has 0 rings (SSSR count). The fourth-order valence-electron chi connectivity index (χ4n) is 2.00. The Morgan fingerprint density at radius 3 is 2.00 bits per heavy atom. The van der Waals surface area contributed by atoms with E-state index in [0.717, 1.165) is 9.28 Å². The number of rotatable bonds is 4. The van der Waals surface area contributed by atoms with Crippen molar-refractivity contribution in [2.45, 2.75) is 59.6 Å². The van der Waals surface area contributed by atoms with Gasteiger partial charge in [0.1, 0.15) is 8.28 Å². The third kappa shape index (κ3) is 9.24. The summed E-state index contributed by atoms with van der Waals surface area (Å²) in [5, 5.41) is 8.98. The molecule has 0 aliphatic heterocycles. The first kappa shape index (κ1) is 18.3. The van der Waals surface area contributed by atoms with Crippen LogP contribution in [0.5, 0.6) is 0 Å². The summed E-state index contributed by atoms with van der Waals surface area (Å²) in [6.07, 6.45) is 1.17. The van der Waals surface area contributed by atoms with Crippen LogP contribution in [0, 0.1) is 22.2 Å². The number of thiocarbonyl (C=S) groups is 1. The van der Waals surface area contributed by atoms with Crippen molar-refractivity contribution in [3.05, 3.63) is 0 Å². The number of nitriles is 1. The van der Waals surface area contributed by atoms with Crippen molar-refractivity contribution in [2.75, 3.05) is 5.75 Å². The highest BCUT2D eigenvalue weighted by Gasteiger charge is 2.27. The highest BCUT2D eigenvalue weighted by Crippen LogP contribution is 2.38. The molecule has 4 heteroatoms. The molecule has 0 unspecified atom stereocenters. The zero-order chi connectivity index (χ0) is 14.6. The molecule has 0 atom stereocenters. The van der Waals surface area contributed by atoms with E-state index in [1.165, 1.54) is 18.2 Å². The van der Waals surface area contributed by atoms with Crippen molar-refractivity contribution >= 4 is 39.3 Å². The van der Waals surface area contributed by atoms with Crippen LogP contribution < -0.4 is 0 Å².